The Morgan fingerprint density at radius 3 is 2.77 bits per heavy atom. The fraction of sp³-hybridized carbons (Fsp3) is 0.286. The topological polar surface area (TPSA) is 69.7 Å². The van der Waals surface area contributed by atoms with Crippen LogP contribution in [0.3, 0.4) is 0 Å². The fourth-order valence-electron chi connectivity index (χ4n) is 2.06. The normalized spacial score (nSPS) is 12.8. The number of halogens is 1. The van der Waals surface area contributed by atoms with Crippen molar-refractivity contribution in [3.8, 4) is 11.5 Å². The highest BCUT2D eigenvalue weighted by Gasteiger charge is 2.20. The molecule has 0 saturated carbocycles. The van der Waals surface area contributed by atoms with E-state index in [2.05, 4.69) is 10.3 Å². The maximum atomic E-state index is 11.9. The molecular formula is C14H13ClN2O4S. The van der Waals surface area contributed by atoms with Crippen LogP contribution in [-0.4, -0.2) is 31.3 Å². The summed E-state index contributed by atoms with van der Waals surface area (Å²) in [6.45, 7) is 1.43. The quantitative estimate of drug-likeness (QED) is 0.863. The third-order valence-corrected chi connectivity index (χ3v) is 4.18. The van der Waals surface area contributed by atoms with Gasteiger partial charge in [-0.2, -0.15) is 0 Å². The molecule has 0 fully saturated rings. The van der Waals surface area contributed by atoms with Gasteiger partial charge in [-0.25, -0.2) is 9.78 Å². The van der Waals surface area contributed by atoms with Crippen molar-refractivity contribution in [2.45, 2.75) is 6.54 Å². The summed E-state index contributed by atoms with van der Waals surface area (Å²) in [5, 5.41) is 3.18. The molecule has 8 heteroatoms. The van der Waals surface area contributed by atoms with Crippen LogP contribution in [-0.2, 0) is 11.3 Å². The number of benzene rings is 1. The van der Waals surface area contributed by atoms with Crippen molar-refractivity contribution in [2.24, 2.45) is 0 Å². The van der Waals surface area contributed by atoms with Crippen LogP contribution < -0.4 is 14.8 Å². The van der Waals surface area contributed by atoms with E-state index in [0.717, 1.165) is 4.88 Å². The van der Waals surface area contributed by atoms with Gasteiger partial charge < -0.3 is 19.5 Å². The molecule has 0 spiro atoms. The monoisotopic (exact) mass is 340 g/mol. The number of nitrogens with zero attached hydrogens (tertiary/aromatic N) is 1. The number of nitrogens with one attached hydrogen (secondary N) is 1. The standard InChI is InChI=1S/C14H13ClN2O4S/c1-19-13(18)9-4-11-12(21-3-2-20-11)5-10(9)16-6-8-7-17-14(15)22-8/h4-5,7,16H,2-3,6H2,1H3. The molecular weight excluding hydrogens is 328 g/mol. The second-order valence-corrected chi connectivity index (χ2v) is 6.16. The number of esters is 1. The van der Waals surface area contributed by atoms with Gasteiger partial charge in [0.1, 0.15) is 13.2 Å². The Bertz CT molecular complexity index is 704. The van der Waals surface area contributed by atoms with Crippen LogP contribution in [0.25, 0.3) is 0 Å². The van der Waals surface area contributed by atoms with Crippen LogP contribution in [0.2, 0.25) is 4.47 Å². The van der Waals surface area contributed by atoms with Gasteiger partial charge in [0.05, 0.1) is 24.9 Å². The Kier molecular flexibility index (Phi) is 4.35. The molecule has 0 unspecified atom stereocenters. The second-order valence-electron chi connectivity index (χ2n) is 4.47. The van der Waals surface area contributed by atoms with Crippen molar-refractivity contribution >= 4 is 34.6 Å². The summed E-state index contributed by atoms with van der Waals surface area (Å²) >= 11 is 7.19. The first-order chi connectivity index (χ1) is 10.7. The van der Waals surface area contributed by atoms with E-state index in [1.807, 2.05) is 0 Å². The van der Waals surface area contributed by atoms with Gasteiger partial charge in [-0.3, -0.25) is 0 Å². The predicted molar refractivity (Wildman–Crippen MR) is 83.2 cm³/mol. The van der Waals surface area contributed by atoms with Gasteiger partial charge in [-0.15, -0.1) is 11.3 Å². The van der Waals surface area contributed by atoms with Crippen LogP contribution >= 0.6 is 22.9 Å². The van der Waals surface area contributed by atoms with Crippen LogP contribution in [0.1, 0.15) is 15.2 Å². The van der Waals surface area contributed by atoms with Gasteiger partial charge in [-0.1, -0.05) is 11.6 Å². The Labute approximate surface area is 136 Å². The summed E-state index contributed by atoms with van der Waals surface area (Å²) in [4.78, 5) is 16.9. The average molecular weight is 341 g/mol. The molecule has 1 aromatic heterocycles. The van der Waals surface area contributed by atoms with Crippen molar-refractivity contribution < 1.29 is 19.0 Å². The SMILES string of the molecule is COC(=O)c1cc2c(cc1NCc1cnc(Cl)s1)OCCO2. The van der Waals surface area contributed by atoms with Crippen molar-refractivity contribution in [3.05, 3.63) is 33.2 Å². The summed E-state index contributed by atoms with van der Waals surface area (Å²) in [6.07, 6.45) is 1.69. The molecule has 6 nitrogen and oxygen atoms in total. The molecule has 0 atom stereocenters. The van der Waals surface area contributed by atoms with Crippen LogP contribution in [0.15, 0.2) is 18.3 Å². The van der Waals surface area contributed by atoms with E-state index in [9.17, 15) is 4.79 Å². The molecule has 0 aliphatic carbocycles. The molecule has 3 rings (SSSR count). The number of ether oxygens (including phenoxy) is 3. The lowest BCUT2D eigenvalue weighted by Crippen LogP contribution is -2.17. The lowest BCUT2D eigenvalue weighted by atomic mass is 10.1. The minimum absolute atomic E-state index is 0.391. The smallest absolute Gasteiger partial charge is 0.340 e. The lowest BCUT2D eigenvalue weighted by Gasteiger charge is -2.21. The molecule has 2 aromatic rings. The molecule has 116 valence electrons. The zero-order chi connectivity index (χ0) is 15.5. The van der Waals surface area contributed by atoms with Crippen LogP contribution in [0, 0.1) is 0 Å². The van der Waals surface area contributed by atoms with E-state index < -0.39 is 5.97 Å². The molecule has 2 heterocycles. The first kappa shape index (κ1) is 14.9. The number of aromatic nitrogens is 1. The number of methoxy groups -OCH3 is 1. The Balaban J connectivity index is 1.88. The lowest BCUT2D eigenvalue weighted by molar-refractivity contribution is 0.0600. The summed E-state index contributed by atoms with van der Waals surface area (Å²) in [7, 11) is 1.34. The highest BCUT2D eigenvalue weighted by atomic mass is 35.5. The number of fused-ring (bicyclic) bond motifs is 1. The molecule has 1 N–H and O–H groups in total. The van der Waals surface area contributed by atoms with E-state index in [0.29, 0.717) is 47.0 Å². The molecule has 1 aliphatic rings. The summed E-state index contributed by atoms with van der Waals surface area (Å²) in [5.41, 5.74) is 1.00. The Morgan fingerprint density at radius 2 is 2.14 bits per heavy atom. The van der Waals surface area contributed by atoms with Gasteiger partial charge in [0, 0.05) is 23.2 Å². The first-order valence-electron chi connectivity index (χ1n) is 6.53. The largest absolute Gasteiger partial charge is 0.486 e. The Morgan fingerprint density at radius 1 is 1.41 bits per heavy atom. The number of rotatable bonds is 4. The first-order valence-corrected chi connectivity index (χ1v) is 7.73. The van der Waals surface area contributed by atoms with E-state index in [1.165, 1.54) is 18.4 Å². The minimum Gasteiger partial charge on any atom is -0.486 e. The van der Waals surface area contributed by atoms with Crippen molar-refractivity contribution in [1.29, 1.82) is 0 Å². The highest BCUT2D eigenvalue weighted by Crippen LogP contribution is 2.36. The molecule has 0 radical (unpaired) electrons. The number of carbonyl (C=O) groups excluding carboxylic acids is 1. The summed E-state index contributed by atoms with van der Waals surface area (Å²) in [6, 6.07) is 3.37. The maximum Gasteiger partial charge on any atom is 0.340 e. The van der Waals surface area contributed by atoms with Gasteiger partial charge in [0.25, 0.3) is 0 Å². The summed E-state index contributed by atoms with van der Waals surface area (Å²) in [5.74, 6) is 0.698. The number of carbonyl (C=O) groups is 1. The third kappa shape index (κ3) is 3.10. The predicted octanol–water partition coefficient (Wildman–Crippen LogP) is 2.97. The highest BCUT2D eigenvalue weighted by molar-refractivity contribution is 7.15. The van der Waals surface area contributed by atoms with E-state index in [-0.39, 0.29) is 0 Å². The van der Waals surface area contributed by atoms with E-state index in [4.69, 9.17) is 25.8 Å². The van der Waals surface area contributed by atoms with Gasteiger partial charge in [0.2, 0.25) is 0 Å². The molecule has 0 bridgehead atoms. The van der Waals surface area contributed by atoms with Crippen LogP contribution in [0.5, 0.6) is 11.5 Å². The summed E-state index contributed by atoms with van der Waals surface area (Å²) < 4.78 is 16.3. The van der Waals surface area contributed by atoms with Crippen LogP contribution in [0.4, 0.5) is 5.69 Å². The van der Waals surface area contributed by atoms with Crippen molar-refractivity contribution in [3.63, 3.8) is 0 Å². The fourth-order valence-corrected chi connectivity index (χ4v) is 2.98. The minimum atomic E-state index is -0.443. The molecule has 1 aliphatic heterocycles. The van der Waals surface area contributed by atoms with Gasteiger partial charge in [0.15, 0.2) is 16.0 Å². The van der Waals surface area contributed by atoms with Gasteiger partial charge in [-0.05, 0) is 0 Å². The van der Waals surface area contributed by atoms with Gasteiger partial charge >= 0.3 is 5.97 Å². The number of hydrogen-bond acceptors (Lipinski definition) is 7. The zero-order valence-electron chi connectivity index (χ0n) is 11.7. The average Bonchev–Trinajstić information content (AvgIpc) is 2.96. The molecule has 0 saturated heterocycles. The number of anilines is 1. The second kappa shape index (κ2) is 6.41. The molecule has 22 heavy (non-hydrogen) atoms. The maximum absolute atomic E-state index is 11.9. The number of hydrogen-bond donors (Lipinski definition) is 1. The Hall–Kier alpha value is -1.99. The molecule has 0 amide bonds. The van der Waals surface area contributed by atoms with Crippen molar-refractivity contribution in [1.82, 2.24) is 4.98 Å². The zero-order valence-corrected chi connectivity index (χ0v) is 13.3. The van der Waals surface area contributed by atoms with E-state index in [1.54, 1.807) is 18.3 Å². The van der Waals surface area contributed by atoms with Crippen molar-refractivity contribution in [2.75, 3.05) is 25.6 Å². The molecule has 1 aromatic carbocycles. The van der Waals surface area contributed by atoms with E-state index >= 15 is 0 Å². The number of thiazole rings is 1. The third-order valence-electron chi connectivity index (χ3n) is 3.07.